The summed E-state index contributed by atoms with van der Waals surface area (Å²) in [6.45, 7) is 2.29. The summed E-state index contributed by atoms with van der Waals surface area (Å²) in [4.78, 5) is 10.2. The molecule has 2 unspecified atom stereocenters. The van der Waals surface area contributed by atoms with Gasteiger partial charge in [-0.25, -0.2) is 4.98 Å². The van der Waals surface area contributed by atoms with Crippen molar-refractivity contribution in [3.05, 3.63) is 33.0 Å². The lowest BCUT2D eigenvalue weighted by Crippen LogP contribution is -2.30. The first kappa shape index (κ1) is 15.0. The third-order valence-corrected chi connectivity index (χ3v) is 6.53. The molecule has 0 amide bonds. The molecule has 0 aliphatic heterocycles. The maximum atomic E-state index is 4.91. The monoisotopic (exact) mass is 321 g/mol. The number of likely N-dealkylation sites (N-methyl/N-ethyl adjacent to an activating group) is 1. The highest BCUT2D eigenvalue weighted by atomic mass is 32.1. The summed E-state index contributed by atoms with van der Waals surface area (Å²) in [5.41, 5.74) is 1.32. The second-order valence-corrected chi connectivity index (χ2v) is 7.83. The second-order valence-electron chi connectivity index (χ2n) is 5.78. The largest absolute Gasteiger partial charge is 0.348 e. The van der Waals surface area contributed by atoms with E-state index >= 15 is 0 Å². The molecule has 5 heteroatoms. The molecule has 0 radical (unpaired) electrons. The van der Waals surface area contributed by atoms with E-state index in [1.807, 2.05) is 22.7 Å². The maximum Gasteiger partial charge on any atom is 0.185 e. The van der Waals surface area contributed by atoms with Crippen molar-refractivity contribution in [3.8, 4) is 0 Å². The van der Waals surface area contributed by atoms with Crippen LogP contribution in [0.5, 0.6) is 0 Å². The van der Waals surface area contributed by atoms with Crippen molar-refractivity contribution >= 4 is 27.8 Å². The summed E-state index contributed by atoms with van der Waals surface area (Å²) < 4.78 is 0. The lowest BCUT2D eigenvalue weighted by molar-refractivity contribution is 0.501. The van der Waals surface area contributed by atoms with Crippen LogP contribution in [0.15, 0.2) is 17.5 Å². The Balaban J connectivity index is 1.75. The number of anilines is 1. The van der Waals surface area contributed by atoms with Crippen molar-refractivity contribution in [2.75, 3.05) is 19.0 Å². The Morgan fingerprint density at radius 3 is 3.10 bits per heavy atom. The van der Waals surface area contributed by atoms with E-state index in [1.54, 1.807) is 0 Å². The molecule has 3 nitrogen and oxygen atoms in total. The molecule has 1 N–H and O–H groups in total. The number of nitrogens with zero attached hydrogens (tertiary/aromatic N) is 2. The highest BCUT2D eigenvalue weighted by molar-refractivity contribution is 7.15. The van der Waals surface area contributed by atoms with E-state index < -0.39 is 0 Å². The molecule has 2 heterocycles. The lowest BCUT2D eigenvalue weighted by atomic mass is 9.98. The standard InChI is InChI=1S/C16H23N3S2/c1-11(10-12-6-5-9-20-12)19(3)16-18-14-8-4-7-13(17-2)15(14)21-16/h5-6,9,11,13,17H,4,7-8,10H2,1-3H3. The van der Waals surface area contributed by atoms with Gasteiger partial charge in [0.1, 0.15) is 0 Å². The van der Waals surface area contributed by atoms with Gasteiger partial charge in [-0.2, -0.15) is 0 Å². The molecule has 3 rings (SSSR count). The molecule has 1 aliphatic carbocycles. The quantitative estimate of drug-likeness (QED) is 0.906. The van der Waals surface area contributed by atoms with Crippen molar-refractivity contribution in [2.45, 2.75) is 44.7 Å². The Labute approximate surface area is 135 Å². The highest BCUT2D eigenvalue weighted by Gasteiger charge is 2.25. The normalized spacial score (nSPS) is 19.3. The number of thiazole rings is 1. The first-order chi connectivity index (χ1) is 10.2. The first-order valence-electron chi connectivity index (χ1n) is 7.61. The van der Waals surface area contributed by atoms with Crippen molar-refractivity contribution in [1.82, 2.24) is 10.3 Å². The van der Waals surface area contributed by atoms with E-state index in [9.17, 15) is 0 Å². The van der Waals surface area contributed by atoms with Crippen LogP contribution in [0.1, 0.15) is 41.3 Å². The fourth-order valence-corrected chi connectivity index (χ4v) is 5.02. The van der Waals surface area contributed by atoms with Crippen LogP contribution < -0.4 is 10.2 Å². The molecule has 1 aliphatic rings. The van der Waals surface area contributed by atoms with Crippen LogP contribution >= 0.6 is 22.7 Å². The molecule has 0 aromatic carbocycles. The van der Waals surface area contributed by atoms with Crippen LogP contribution in [0.25, 0.3) is 0 Å². The van der Waals surface area contributed by atoms with Gasteiger partial charge in [0.15, 0.2) is 5.13 Å². The van der Waals surface area contributed by atoms with Gasteiger partial charge >= 0.3 is 0 Å². The minimum Gasteiger partial charge on any atom is -0.348 e. The second kappa shape index (κ2) is 6.46. The van der Waals surface area contributed by atoms with E-state index in [-0.39, 0.29) is 0 Å². The summed E-state index contributed by atoms with van der Waals surface area (Å²) in [7, 11) is 4.24. The van der Waals surface area contributed by atoms with Gasteiger partial charge in [0.2, 0.25) is 0 Å². The van der Waals surface area contributed by atoms with E-state index in [4.69, 9.17) is 4.98 Å². The smallest absolute Gasteiger partial charge is 0.185 e. The molecule has 2 atom stereocenters. The topological polar surface area (TPSA) is 28.2 Å². The average Bonchev–Trinajstić information content (AvgIpc) is 3.14. The van der Waals surface area contributed by atoms with Gasteiger partial charge in [-0.3, -0.25) is 0 Å². The van der Waals surface area contributed by atoms with Crippen LogP contribution in [-0.2, 0) is 12.8 Å². The molecular weight excluding hydrogens is 298 g/mol. The van der Waals surface area contributed by atoms with E-state index in [0.29, 0.717) is 12.1 Å². The molecule has 2 aromatic heterocycles. The fourth-order valence-electron chi connectivity index (χ4n) is 2.88. The summed E-state index contributed by atoms with van der Waals surface area (Å²) >= 11 is 3.71. The zero-order valence-corrected chi connectivity index (χ0v) is 14.6. The number of nitrogens with one attached hydrogen (secondary N) is 1. The van der Waals surface area contributed by atoms with Crippen LogP contribution in [0.2, 0.25) is 0 Å². The van der Waals surface area contributed by atoms with Gasteiger partial charge in [0.05, 0.1) is 5.69 Å². The van der Waals surface area contributed by atoms with Gasteiger partial charge in [-0.15, -0.1) is 11.3 Å². The van der Waals surface area contributed by atoms with Gasteiger partial charge < -0.3 is 10.2 Å². The predicted molar refractivity (Wildman–Crippen MR) is 92.7 cm³/mol. The number of rotatable bonds is 5. The SMILES string of the molecule is CNC1CCCc2nc(N(C)C(C)Cc3cccs3)sc21. The predicted octanol–water partition coefficient (Wildman–Crippen LogP) is 3.87. The summed E-state index contributed by atoms with van der Waals surface area (Å²) in [6, 6.07) is 5.33. The molecule has 114 valence electrons. The van der Waals surface area contributed by atoms with Gasteiger partial charge in [0, 0.05) is 35.3 Å². The van der Waals surface area contributed by atoms with Crippen LogP contribution in [0.3, 0.4) is 0 Å². The van der Waals surface area contributed by atoms with Crippen molar-refractivity contribution < 1.29 is 0 Å². The van der Waals surface area contributed by atoms with E-state index in [1.165, 1.54) is 33.4 Å². The zero-order valence-electron chi connectivity index (χ0n) is 12.9. The molecule has 0 saturated heterocycles. The first-order valence-corrected chi connectivity index (χ1v) is 9.30. The average molecular weight is 322 g/mol. The van der Waals surface area contributed by atoms with E-state index in [2.05, 4.69) is 48.7 Å². The number of aromatic nitrogens is 1. The zero-order chi connectivity index (χ0) is 14.8. The number of fused-ring (bicyclic) bond motifs is 1. The Bertz CT molecular complexity index is 576. The Morgan fingerprint density at radius 2 is 2.38 bits per heavy atom. The Hall–Kier alpha value is -0.910. The van der Waals surface area contributed by atoms with Gasteiger partial charge in [-0.1, -0.05) is 17.4 Å². The molecule has 21 heavy (non-hydrogen) atoms. The molecule has 0 saturated carbocycles. The van der Waals surface area contributed by atoms with E-state index in [0.717, 1.165) is 12.8 Å². The Kier molecular flexibility index (Phi) is 4.62. The van der Waals surface area contributed by atoms with Crippen LogP contribution in [0, 0.1) is 0 Å². The minimum atomic E-state index is 0.476. The molecule has 0 fully saturated rings. The maximum absolute atomic E-state index is 4.91. The van der Waals surface area contributed by atoms with Gasteiger partial charge in [-0.05, 0) is 44.7 Å². The van der Waals surface area contributed by atoms with Crippen molar-refractivity contribution in [3.63, 3.8) is 0 Å². The van der Waals surface area contributed by atoms with Crippen LogP contribution in [-0.4, -0.2) is 25.1 Å². The highest BCUT2D eigenvalue weighted by Crippen LogP contribution is 2.37. The molecule has 0 spiro atoms. The third kappa shape index (κ3) is 3.15. The fraction of sp³-hybridized carbons (Fsp3) is 0.562. The number of thiophene rings is 1. The summed E-state index contributed by atoms with van der Waals surface area (Å²) in [6.07, 6.45) is 4.71. The number of hydrogen-bond acceptors (Lipinski definition) is 5. The number of hydrogen-bond donors (Lipinski definition) is 1. The van der Waals surface area contributed by atoms with Gasteiger partial charge in [0.25, 0.3) is 0 Å². The lowest BCUT2D eigenvalue weighted by Gasteiger charge is -2.23. The number of aryl methyl sites for hydroxylation is 1. The summed E-state index contributed by atoms with van der Waals surface area (Å²) in [5, 5.41) is 6.76. The third-order valence-electron chi connectivity index (χ3n) is 4.33. The Morgan fingerprint density at radius 1 is 1.52 bits per heavy atom. The summed E-state index contributed by atoms with van der Waals surface area (Å²) in [5.74, 6) is 0. The molecule has 0 bridgehead atoms. The molecule has 2 aromatic rings. The minimum absolute atomic E-state index is 0.476. The van der Waals surface area contributed by atoms with Crippen LogP contribution in [0.4, 0.5) is 5.13 Å². The van der Waals surface area contributed by atoms with Crippen molar-refractivity contribution in [1.29, 1.82) is 0 Å². The molecular formula is C16H23N3S2. The van der Waals surface area contributed by atoms with Crippen molar-refractivity contribution in [2.24, 2.45) is 0 Å².